The van der Waals surface area contributed by atoms with Gasteiger partial charge < -0.3 is 20.8 Å². The van der Waals surface area contributed by atoms with Crippen molar-refractivity contribution >= 4 is 33.4 Å². The van der Waals surface area contributed by atoms with E-state index in [1.54, 1.807) is 36.4 Å². The lowest BCUT2D eigenvalue weighted by Gasteiger charge is -2.23. The Labute approximate surface area is 202 Å². The maximum Gasteiger partial charge on any atom is 0.407 e. The number of halogens is 1. The van der Waals surface area contributed by atoms with Gasteiger partial charge in [-0.15, -0.1) is 0 Å². The van der Waals surface area contributed by atoms with Crippen molar-refractivity contribution in [1.29, 1.82) is 0 Å². The van der Waals surface area contributed by atoms with E-state index < -0.39 is 27.9 Å². The van der Waals surface area contributed by atoms with Gasteiger partial charge in [0.15, 0.2) is 0 Å². The van der Waals surface area contributed by atoms with Crippen LogP contribution in [0.5, 0.6) is 0 Å². The Kier molecular flexibility index (Phi) is 7.93. The summed E-state index contributed by atoms with van der Waals surface area (Å²) in [6.45, 7) is -0.0436. The molecule has 0 spiro atoms. The zero-order valence-corrected chi connectivity index (χ0v) is 19.5. The van der Waals surface area contributed by atoms with E-state index >= 15 is 0 Å². The number of primary amides is 1. The van der Waals surface area contributed by atoms with Crippen molar-refractivity contribution in [1.82, 2.24) is 4.90 Å². The predicted molar refractivity (Wildman–Crippen MR) is 127 cm³/mol. The van der Waals surface area contributed by atoms with Gasteiger partial charge >= 0.3 is 6.09 Å². The molecule has 0 heterocycles. The Morgan fingerprint density at radius 1 is 0.971 bits per heavy atom. The first kappa shape index (κ1) is 25.2. The van der Waals surface area contributed by atoms with E-state index in [4.69, 9.17) is 17.3 Å². The van der Waals surface area contributed by atoms with Crippen molar-refractivity contribution in [2.75, 3.05) is 13.1 Å². The lowest BCUT2D eigenvalue weighted by molar-refractivity contribution is 0.0972. The smallest absolute Gasteiger partial charge is 0.407 e. The highest BCUT2D eigenvalue weighted by atomic mass is 35.5. The van der Waals surface area contributed by atoms with Crippen molar-refractivity contribution in [2.45, 2.75) is 22.3 Å². The molecule has 0 saturated heterocycles. The van der Waals surface area contributed by atoms with Gasteiger partial charge in [-0.25, -0.2) is 13.2 Å². The van der Waals surface area contributed by atoms with Crippen molar-refractivity contribution in [3.63, 3.8) is 0 Å². The van der Waals surface area contributed by atoms with Crippen molar-refractivity contribution in [3.8, 4) is 0 Å². The lowest BCUT2D eigenvalue weighted by Crippen LogP contribution is -2.35. The summed E-state index contributed by atoms with van der Waals surface area (Å²) in [5, 5.41) is 20.3. The maximum atomic E-state index is 12.9. The number of hydrogen-bond acceptors (Lipinski definition) is 5. The normalized spacial score (nSPS) is 12.2. The third-order valence-corrected chi connectivity index (χ3v) is 7.23. The first-order valence-electron chi connectivity index (χ1n) is 10.2. The SMILES string of the molecule is NC(=O)c1cccc(S(=O)(=O)c2ccc(CCN(C[C@H](O)c3cccc(Cl)c3)C(=O)O)cc2)c1. The van der Waals surface area contributed by atoms with E-state index in [2.05, 4.69) is 0 Å². The summed E-state index contributed by atoms with van der Waals surface area (Å²) < 4.78 is 25.8. The van der Waals surface area contributed by atoms with Crippen molar-refractivity contribution < 1.29 is 28.2 Å². The van der Waals surface area contributed by atoms with Gasteiger partial charge in [-0.3, -0.25) is 4.79 Å². The van der Waals surface area contributed by atoms with Crippen LogP contribution in [0.25, 0.3) is 0 Å². The number of hydrogen-bond donors (Lipinski definition) is 3. The second-order valence-corrected chi connectivity index (χ2v) is 9.97. The average Bonchev–Trinajstić information content (AvgIpc) is 2.81. The molecule has 1 atom stereocenters. The van der Waals surface area contributed by atoms with Crippen LogP contribution < -0.4 is 5.73 Å². The quantitative estimate of drug-likeness (QED) is 0.409. The number of nitrogens with two attached hydrogens (primary N) is 1. The minimum absolute atomic E-state index is 0.0318. The molecule has 3 rings (SSSR count). The van der Waals surface area contributed by atoms with Crippen LogP contribution in [0.2, 0.25) is 5.02 Å². The zero-order chi connectivity index (χ0) is 24.9. The topological polar surface area (TPSA) is 138 Å². The number of carbonyl (C=O) groups excluding carboxylic acids is 1. The number of carboxylic acid groups (broad SMARTS) is 1. The van der Waals surface area contributed by atoms with Crippen molar-refractivity contribution in [3.05, 3.63) is 94.5 Å². The Balaban J connectivity index is 1.69. The molecule has 34 heavy (non-hydrogen) atoms. The molecule has 10 heteroatoms. The van der Waals surface area contributed by atoms with Crippen LogP contribution in [-0.2, 0) is 16.3 Å². The fraction of sp³-hybridized carbons (Fsp3) is 0.167. The highest BCUT2D eigenvalue weighted by Crippen LogP contribution is 2.23. The van der Waals surface area contributed by atoms with Crippen LogP contribution in [0.1, 0.15) is 27.6 Å². The molecule has 3 aromatic carbocycles. The van der Waals surface area contributed by atoms with E-state index in [-0.39, 0.29) is 28.4 Å². The Morgan fingerprint density at radius 3 is 2.26 bits per heavy atom. The number of sulfone groups is 1. The number of carbonyl (C=O) groups is 2. The van der Waals surface area contributed by atoms with Crippen LogP contribution in [0, 0.1) is 0 Å². The number of amides is 2. The van der Waals surface area contributed by atoms with E-state index in [9.17, 15) is 28.2 Å². The summed E-state index contributed by atoms with van der Waals surface area (Å²) >= 11 is 5.93. The molecule has 0 radical (unpaired) electrons. The van der Waals surface area contributed by atoms with Crippen LogP contribution in [-0.4, -0.2) is 48.6 Å². The van der Waals surface area contributed by atoms with E-state index in [1.165, 1.54) is 36.4 Å². The van der Waals surface area contributed by atoms with Gasteiger partial charge in [-0.2, -0.15) is 0 Å². The molecule has 0 bridgehead atoms. The number of aliphatic hydroxyl groups is 1. The van der Waals surface area contributed by atoms with Gasteiger partial charge in [0.1, 0.15) is 0 Å². The largest absolute Gasteiger partial charge is 0.465 e. The molecule has 0 unspecified atom stereocenters. The summed E-state index contributed by atoms with van der Waals surface area (Å²) in [7, 11) is -3.86. The highest BCUT2D eigenvalue weighted by Gasteiger charge is 2.20. The summed E-state index contributed by atoms with van der Waals surface area (Å²) in [5.74, 6) is -0.726. The monoisotopic (exact) mass is 502 g/mol. The number of rotatable bonds is 9. The fourth-order valence-corrected chi connectivity index (χ4v) is 4.85. The molecule has 0 aliphatic heterocycles. The second kappa shape index (κ2) is 10.7. The lowest BCUT2D eigenvalue weighted by atomic mass is 10.1. The molecular weight excluding hydrogens is 480 g/mol. The first-order valence-corrected chi connectivity index (χ1v) is 12.1. The summed E-state index contributed by atoms with van der Waals surface area (Å²) in [6, 6.07) is 18.1. The van der Waals surface area contributed by atoms with E-state index in [1.807, 2.05) is 0 Å². The molecule has 0 aliphatic rings. The predicted octanol–water partition coefficient (Wildman–Crippen LogP) is 3.53. The first-order chi connectivity index (χ1) is 16.1. The van der Waals surface area contributed by atoms with Crippen LogP contribution in [0.3, 0.4) is 0 Å². The van der Waals surface area contributed by atoms with Gasteiger partial charge in [0, 0.05) is 17.1 Å². The van der Waals surface area contributed by atoms with Crippen LogP contribution in [0.4, 0.5) is 4.79 Å². The van der Waals surface area contributed by atoms with E-state index in [0.29, 0.717) is 22.6 Å². The summed E-state index contributed by atoms with van der Waals surface area (Å²) in [4.78, 5) is 24.1. The zero-order valence-electron chi connectivity index (χ0n) is 18.0. The molecule has 178 valence electrons. The van der Waals surface area contributed by atoms with Gasteiger partial charge in [-0.05, 0) is 60.0 Å². The van der Waals surface area contributed by atoms with E-state index in [0.717, 1.165) is 4.90 Å². The van der Waals surface area contributed by atoms with Gasteiger partial charge in [0.25, 0.3) is 0 Å². The minimum Gasteiger partial charge on any atom is -0.465 e. The molecule has 4 N–H and O–H groups in total. The molecule has 2 amide bonds. The molecule has 3 aromatic rings. The fourth-order valence-electron chi connectivity index (χ4n) is 3.34. The molecule has 0 fully saturated rings. The summed E-state index contributed by atoms with van der Waals surface area (Å²) in [5.41, 5.74) is 6.55. The third-order valence-electron chi connectivity index (χ3n) is 5.23. The maximum absolute atomic E-state index is 12.9. The second-order valence-electron chi connectivity index (χ2n) is 7.59. The Morgan fingerprint density at radius 2 is 1.65 bits per heavy atom. The Hall–Kier alpha value is -3.40. The van der Waals surface area contributed by atoms with Crippen LogP contribution >= 0.6 is 11.6 Å². The minimum atomic E-state index is -3.86. The standard InChI is InChI=1S/C24H23ClN2O6S/c25-19-5-1-3-17(13-19)22(28)15-27(24(30)31)12-11-16-7-9-20(10-8-16)34(32,33)21-6-2-4-18(14-21)23(26)29/h1-10,13-14,22,28H,11-12,15H2,(H2,26,29)(H,30,31)/t22-/m0/s1. The summed E-state index contributed by atoms with van der Waals surface area (Å²) in [6.07, 6.45) is -1.92. The molecule has 8 nitrogen and oxygen atoms in total. The molecule has 0 aliphatic carbocycles. The van der Waals surface area contributed by atoms with Gasteiger partial charge in [0.2, 0.25) is 15.7 Å². The third kappa shape index (κ3) is 6.13. The molecule has 0 aromatic heterocycles. The Bertz CT molecular complexity index is 1290. The average molecular weight is 503 g/mol. The number of aliphatic hydroxyl groups excluding tert-OH is 1. The van der Waals surface area contributed by atoms with Gasteiger partial charge in [-0.1, -0.05) is 41.9 Å². The highest BCUT2D eigenvalue weighted by molar-refractivity contribution is 7.91. The molecular formula is C24H23ClN2O6S. The van der Waals surface area contributed by atoms with Crippen molar-refractivity contribution in [2.24, 2.45) is 5.73 Å². The van der Waals surface area contributed by atoms with Crippen LogP contribution in [0.15, 0.2) is 82.6 Å². The number of nitrogens with zero attached hydrogens (tertiary/aromatic N) is 1. The van der Waals surface area contributed by atoms with Gasteiger partial charge in [0.05, 0.1) is 22.4 Å². The molecule has 0 saturated carbocycles. The number of benzene rings is 3.